The molecule has 2 heterocycles. The molecule has 0 atom stereocenters. The number of ether oxygens (including phenoxy) is 1. The fraction of sp³-hybridized carbons (Fsp3) is 0.385. The van der Waals surface area contributed by atoms with Crippen LogP contribution in [0.25, 0.3) is 10.8 Å². The normalized spacial score (nSPS) is 11.6. The fourth-order valence-electron chi connectivity index (χ4n) is 1.62. The third-order valence-electron chi connectivity index (χ3n) is 2.55. The highest BCUT2D eigenvalue weighted by atomic mass is 32.1. The number of rotatable bonds is 3. The van der Waals surface area contributed by atoms with Crippen LogP contribution in [0.4, 0.5) is 0 Å². The van der Waals surface area contributed by atoms with Crippen LogP contribution in [0.15, 0.2) is 15.9 Å². The van der Waals surface area contributed by atoms with Crippen molar-refractivity contribution in [2.75, 3.05) is 7.11 Å². The zero-order chi connectivity index (χ0) is 14.2. The van der Waals surface area contributed by atoms with Gasteiger partial charge in [0.15, 0.2) is 0 Å². The van der Waals surface area contributed by atoms with Gasteiger partial charge in [0.2, 0.25) is 11.7 Å². The van der Waals surface area contributed by atoms with Crippen molar-refractivity contribution in [2.24, 2.45) is 0 Å². The van der Waals surface area contributed by atoms with Crippen LogP contribution in [0, 0.1) is 0 Å². The molecule has 1 N–H and O–H groups in total. The molecule has 0 aliphatic heterocycles. The minimum atomic E-state index is -1.10. The van der Waals surface area contributed by atoms with E-state index in [1.165, 1.54) is 11.3 Å². The summed E-state index contributed by atoms with van der Waals surface area (Å²) in [7, 11) is 1.57. The predicted molar refractivity (Wildman–Crippen MR) is 72.0 cm³/mol. The number of carboxylic acids is 1. The summed E-state index contributed by atoms with van der Waals surface area (Å²) in [6, 6.07) is 1.77. The Bertz CT molecular complexity index is 606. The second-order valence-corrected chi connectivity index (χ2v) is 6.01. The Morgan fingerprint density at radius 2 is 2.16 bits per heavy atom. The largest absolute Gasteiger partial charge is 0.496 e. The molecule has 0 bridgehead atoms. The van der Waals surface area contributed by atoms with E-state index < -0.39 is 11.4 Å². The molecule has 0 aromatic carbocycles. The van der Waals surface area contributed by atoms with Gasteiger partial charge in [-0.1, -0.05) is 20.8 Å². The predicted octanol–water partition coefficient (Wildman–Crippen LogP) is 3.41. The van der Waals surface area contributed by atoms with Gasteiger partial charge in [-0.25, -0.2) is 9.78 Å². The van der Waals surface area contributed by atoms with Crippen molar-refractivity contribution in [2.45, 2.75) is 26.2 Å². The molecular weight excluding hydrogens is 266 g/mol. The molecule has 0 saturated heterocycles. The van der Waals surface area contributed by atoms with Crippen LogP contribution in [0.3, 0.4) is 0 Å². The van der Waals surface area contributed by atoms with Crippen LogP contribution in [-0.2, 0) is 5.41 Å². The van der Waals surface area contributed by atoms with Gasteiger partial charge in [0.1, 0.15) is 11.4 Å². The minimum absolute atomic E-state index is 0.102. The Morgan fingerprint density at radius 1 is 1.47 bits per heavy atom. The minimum Gasteiger partial charge on any atom is -0.496 e. The molecule has 0 aliphatic rings. The molecule has 6 heteroatoms. The highest BCUT2D eigenvalue weighted by Crippen LogP contribution is 2.34. The summed E-state index contributed by atoms with van der Waals surface area (Å²) in [6.45, 7) is 5.70. The molecule has 0 unspecified atom stereocenters. The number of hydrogen-bond acceptors (Lipinski definition) is 5. The second kappa shape index (κ2) is 4.70. The summed E-state index contributed by atoms with van der Waals surface area (Å²) in [5.74, 6) is -0.190. The molecule has 0 radical (unpaired) electrons. The first-order valence-corrected chi connectivity index (χ1v) is 6.58. The van der Waals surface area contributed by atoms with Gasteiger partial charge in [-0.05, 0) is 0 Å². The summed E-state index contributed by atoms with van der Waals surface area (Å²) in [4.78, 5) is 16.3. The standard InChI is InChI=1S/C13H15NO4S/c1-13(2,3)10-9(12(15)16)18-11(14-10)8-5-7(17-4)6-19-8/h5-6H,1-4H3,(H,15,16). The first-order chi connectivity index (χ1) is 8.82. The lowest BCUT2D eigenvalue weighted by atomic mass is 9.91. The third-order valence-corrected chi connectivity index (χ3v) is 3.45. The van der Waals surface area contributed by atoms with Crippen LogP contribution >= 0.6 is 11.3 Å². The van der Waals surface area contributed by atoms with E-state index in [1.54, 1.807) is 13.2 Å². The quantitative estimate of drug-likeness (QED) is 0.933. The Kier molecular flexibility index (Phi) is 3.36. The number of carboxylic acid groups (broad SMARTS) is 1. The van der Waals surface area contributed by atoms with Crippen molar-refractivity contribution < 1.29 is 19.1 Å². The van der Waals surface area contributed by atoms with Gasteiger partial charge in [0.25, 0.3) is 0 Å². The Morgan fingerprint density at radius 3 is 2.58 bits per heavy atom. The summed E-state index contributed by atoms with van der Waals surface area (Å²) >= 11 is 1.40. The van der Waals surface area contributed by atoms with E-state index in [0.717, 1.165) is 4.88 Å². The van der Waals surface area contributed by atoms with Gasteiger partial charge in [0.05, 0.1) is 12.0 Å². The third kappa shape index (κ3) is 2.63. The molecule has 0 aliphatic carbocycles. The summed E-state index contributed by atoms with van der Waals surface area (Å²) in [5.41, 5.74) is 0.0546. The SMILES string of the molecule is COc1csc(-c2nc(C(C)(C)C)c(C(=O)O)o2)c1. The molecule has 19 heavy (non-hydrogen) atoms. The second-order valence-electron chi connectivity index (χ2n) is 5.10. The first-order valence-electron chi connectivity index (χ1n) is 5.70. The smallest absolute Gasteiger partial charge is 0.373 e. The number of methoxy groups -OCH3 is 1. The lowest BCUT2D eigenvalue weighted by molar-refractivity contribution is 0.0659. The van der Waals surface area contributed by atoms with Crippen molar-refractivity contribution in [3.63, 3.8) is 0 Å². The van der Waals surface area contributed by atoms with Crippen LogP contribution in [0.1, 0.15) is 37.0 Å². The van der Waals surface area contributed by atoms with Gasteiger partial charge < -0.3 is 14.3 Å². The van der Waals surface area contributed by atoms with Crippen molar-refractivity contribution >= 4 is 17.3 Å². The van der Waals surface area contributed by atoms with E-state index in [9.17, 15) is 9.90 Å². The van der Waals surface area contributed by atoms with E-state index in [1.807, 2.05) is 26.2 Å². The van der Waals surface area contributed by atoms with E-state index in [0.29, 0.717) is 17.3 Å². The molecule has 0 fully saturated rings. The van der Waals surface area contributed by atoms with E-state index in [-0.39, 0.29) is 5.76 Å². The molecule has 0 saturated carbocycles. The average Bonchev–Trinajstić information content (AvgIpc) is 2.94. The molecule has 102 valence electrons. The van der Waals surface area contributed by atoms with Crippen LogP contribution in [-0.4, -0.2) is 23.2 Å². The van der Waals surface area contributed by atoms with Gasteiger partial charge in [0, 0.05) is 16.9 Å². The van der Waals surface area contributed by atoms with Crippen molar-refractivity contribution in [1.29, 1.82) is 0 Å². The van der Waals surface area contributed by atoms with Crippen molar-refractivity contribution in [3.05, 3.63) is 22.9 Å². The number of aromatic nitrogens is 1. The molecule has 0 spiro atoms. The molecule has 2 aromatic rings. The number of oxazole rings is 1. The number of aromatic carboxylic acids is 1. The van der Waals surface area contributed by atoms with E-state index >= 15 is 0 Å². The zero-order valence-corrected chi connectivity index (χ0v) is 12.0. The van der Waals surface area contributed by atoms with Crippen molar-refractivity contribution in [1.82, 2.24) is 4.98 Å². The van der Waals surface area contributed by atoms with E-state index in [2.05, 4.69) is 4.98 Å². The highest BCUT2D eigenvalue weighted by Gasteiger charge is 2.29. The molecule has 2 aromatic heterocycles. The molecule has 5 nitrogen and oxygen atoms in total. The summed E-state index contributed by atoms with van der Waals surface area (Å²) in [6.07, 6.45) is 0. The zero-order valence-electron chi connectivity index (χ0n) is 11.2. The average molecular weight is 281 g/mol. The number of thiophene rings is 1. The van der Waals surface area contributed by atoms with Crippen LogP contribution in [0.5, 0.6) is 5.75 Å². The molecule has 0 amide bonds. The van der Waals surface area contributed by atoms with Crippen LogP contribution < -0.4 is 4.74 Å². The summed E-state index contributed by atoms with van der Waals surface area (Å²) < 4.78 is 10.5. The lowest BCUT2D eigenvalue weighted by Crippen LogP contribution is -2.16. The summed E-state index contributed by atoms with van der Waals surface area (Å²) in [5, 5.41) is 11.0. The van der Waals surface area contributed by atoms with Gasteiger partial charge >= 0.3 is 5.97 Å². The Hall–Kier alpha value is -1.82. The monoisotopic (exact) mass is 281 g/mol. The Balaban J connectivity index is 2.51. The van der Waals surface area contributed by atoms with Gasteiger partial charge in [-0.3, -0.25) is 0 Å². The lowest BCUT2D eigenvalue weighted by Gasteiger charge is -2.14. The first kappa shape index (κ1) is 13.6. The fourth-order valence-corrected chi connectivity index (χ4v) is 2.40. The highest BCUT2D eigenvalue weighted by molar-refractivity contribution is 7.13. The molecule has 2 rings (SSSR count). The number of carbonyl (C=O) groups is 1. The number of hydrogen-bond donors (Lipinski definition) is 1. The van der Waals surface area contributed by atoms with Gasteiger partial charge in [-0.15, -0.1) is 11.3 Å². The Labute approximate surface area is 114 Å². The topological polar surface area (TPSA) is 72.6 Å². The maximum atomic E-state index is 11.2. The van der Waals surface area contributed by atoms with E-state index in [4.69, 9.17) is 9.15 Å². The van der Waals surface area contributed by atoms with Crippen molar-refractivity contribution in [3.8, 4) is 16.5 Å². The molecular formula is C13H15NO4S. The number of nitrogens with zero attached hydrogens (tertiary/aromatic N) is 1. The maximum Gasteiger partial charge on any atom is 0.373 e. The maximum absolute atomic E-state index is 11.2. The van der Waals surface area contributed by atoms with Gasteiger partial charge in [-0.2, -0.15) is 0 Å². The van der Waals surface area contributed by atoms with Crippen LogP contribution in [0.2, 0.25) is 0 Å².